The number of benzene rings is 1. The van der Waals surface area contributed by atoms with Crippen LogP contribution < -0.4 is 5.32 Å². The first-order chi connectivity index (χ1) is 6.93. The van der Waals surface area contributed by atoms with Crippen molar-refractivity contribution in [3.8, 4) is 0 Å². The van der Waals surface area contributed by atoms with Crippen molar-refractivity contribution in [3.05, 3.63) is 34.3 Å². The smallest absolute Gasteiger partial charge is 0.404 e. The van der Waals surface area contributed by atoms with E-state index in [1.807, 2.05) is 38.1 Å². The first-order valence-corrected chi connectivity index (χ1v) is 5.44. The molecule has 0 aromatic heterocycles. The van der Waals surface area contributed by atoms with Crippen LogP contribution in [0, 0.1) is 0 Å². The zero-order chi connectivity index (χ0) is 11.5. The van der Waals surface area contributed by atoms with E-state index in [0.717, 1.165) is 10.0 Å². The number of hydrogen-bond acceptors (Lipinski definition) is 1. The van der Waals surface area contributed by atoms with Crippen LogP contribution >= 0.6 is 15.9 Å². The molecular formula is C11H14BrNO2. The molecule has 0 radical (unpaired) electrons. The number of amides is 1. The van der Waals surface area contributed by atoms with Gasteiger partial charge >= 0.3 is 6.09 Å². The van der Waals surface area contributed by atoms with E-state index in [1.165, 1.54) is 0 Å². The van der Waals surface area contributed by atoms with Crippen LogP contribution in [0.3, 0.4) is 0 Å². The second-order valence-corrected chi connectivity index (χ2v) is 4.88. The van der Waals surface area contributed by atoms with Crippen molar-refractivity contribution in [1.29, 1.82) is 0 Å². The van der Waals surface area contributed by atoms with Gasteiger partial charge < -0.3 is 10.4 Å². The van der Waals surface area contributed by atoms with E-state index in [0.29, 0.717) is 6.54 Å². The third kappa shape index (κ3) is 3.23. The van der Waals surface area contributed by atoms with Gasteiger partial charge in [-0.1, -0.05) is 48.0 Å². The van der Waals surface area contributed by atoms with E-state index in [9.17, 15) is 4.79 Å². The van der Waals surface area contributed by atoms with Crippen molar-refractivity contribution in [2.45, 2.75) is 19.3 Å². The number of hydrogen-bond donors (Lipinski definition) is 2. The van der Waals surface area contributed by atoms with E-state index < -0.39 is 6.09 Å². The van der Waals surface area contributed by atoms with Crippen LogP contribution in [0.5, 0.6) is 0 Å². The third-order valence-electron chi connectivity index (χ3n) is 2.28. The lowest BCUT2D eigenvalue weighted by Gasteiger charge is -2.26. The molecule has 3 nitrogen and oxygen atoms in total. The lowest BCUT2D eigenvalue weighted by molar-refractivity contribution is 0.192. The zero-order valence-corrected chi connectivity index (χ0v) is 10.3. The molecule has 0 bridgehead atoms. The second kappa shape index (κ2) is 4.66. The van der Waals surface area contributed by atoms with Crippen molar-refractivity contribution < 1.29 is 9.90 Å². The van der Waals surface area contributed by atoms with Gasteiger partial charge in [-0.15, -0.1) is 0 Å². The Morgan fingerprint density at radius 3 is 2.60 bits per heavy atom. The fraction of sp³-hybridized carbons (Fsp3) is 0.364. The van der Waals surface area contributed by atoms with Crippen LogP contribution in [0.25, 0.3) is 0 Å². The molecule has 0 saturated carbocycles. The number of carbonyl (C=O) groups is 1. The van der Waals surface area contributed by atoms with E-state index in [-0.39, 0.29) is 5.41 Å². The average molecular weight is 272 g/mol. The van der Waals surface area contributed by atoms with Gasteiger partial charge in [0.05, 0.1) is 0 Å². The van der Waals surface area contributed by atoms with Gasteiger partial charge in [0.2, 0.25) is 0 Å². The number of nitrogens with one attached hydrogen (secondary N) is 1. The van der Waals surface area contributed by atoms with Gasteiger partial charge in [0.25, 0.3) is 0 Å². The van der Waals surface area contributed by atoms with Gasteiger partial charge in [0.15, 0.2) is 0 Å². The summed E-state index contributed by atoms with van der Waals surface area (Å²) in [5.74, 6) is 0. The summed E-state index contributed by atoms with van der Waals surface area (Å²) in [6, 6.07) is 7.84. The van der Waals surface area contributed by atoms with Crippen molar-refractivity contribution in [2.75, 3.05) is 6.54 Å². The third-order valence-corrected chi connectivity index (χ3v) is 2.98. The van der Waals surface area contributed by atoms with Gasteiger partial charge in [0.1, 0.15) is 0 Å². The number of rotatable bonds is 3. The molecule has 1 aromatic carbocycles. The number of carboxylic acid groups (broad SMARTS) is 1. The van der Waals surface area contributed by atoms with Crippen molar-refractivity contribution in [3.63, 3.8) is 0 Å². The fourth-order valence-corrected chi connectivity index (χ4v) is 2.22. The Balaban J connectivity index is 2.85. The highest BCUT2D eigenvalue weighted by Crippen LogP contribution is 2.29. The fourth-order valence-electron chi connectivity index (χ4n) is 1.40. The molecule has 0 heterocycles. The topological polar surface area (TPSA) is 49.3 Å². The molecule has 0 aliphatic carbocycles. The summed E-state index contributed by atoms with van der Waals surface area (Å²) in [5, 5.41) is 11.0. The highest BCUT2D eigenvalue weighted by atomic mass is 79.9. The van der Waals surface area contributed by atoms with Gasteiger partial charge in [0, 0.05) is 16.4 Å². The molecule has 0 fully saturated rings. The summed E-state index contributed by atoms with van der Waals surface area (Å²) < 4.78 is 1.00. The minimum atomic E-state index is -0.991. The van der Waals surface area contributed by atoms with Crippen molar-refractivity contribution >= 4 is 22.0 Å². The van der Waals surface area contributed by atoms with Crippen LogP contribution in [0.15, 0.2) is 28.7 Å². The monoisotopic (exact) mass is 271 g/mol. The molecule has 0 atom stereocenters. The summed E-state index contributed by atoms with van der Waals surface area (Å²) >= 11 is 3.46. The summed E-state index contributed by atoms with van der Waals surface area (Å²) in [6.45, 7) is 4.40. The summed E-state index contributed by atoms with van der Waals surface area (Å²) in [6.07, 6.45) is -0.991. The molecule has 82 valence electrons. The van der Waals surface area contributed by atoms with Crippen LogP contribution in [-0.2, 0) is 5.41 Å². The Bertz CT molecular complexity index is 363. The first-order valence-electron chi connectivity index (χ1n) is 4.65. The molecule has 1 amide bonds. The minimum absolute atomic E-state index is 0.224. The average Bonchev–Trinajstić information content (AvgIpc) is 2.15. The molecule has 1 aromatic rings. The van der Waals surface area contributed by atoms with Gasteiger partial charge in [-0.3, -0.25) is 0 Å². The normalized spacial score (nSPS) is 11.1. The Morgan fingerprint density at radius 2 is 2.07 bits per heavy atom. The quantitative estimate of drug-likeness (QED) is 0.888. The van der Waals surface area contributed by atoms with Crippen molar-refractivity contribution in [2.24, 2.45) is 0 Å². The van der Waals surface area contributed by atoms with Crippen LogP contribution in [0.2, 0.25) is 0 Å². The molecule has 0 aliphatic rings. The molecular weight excluding hydrogens is 258 g/mol. The number of halogens is 1. The maximum Gasteiger partial charge on any atom is 0.404 e. The van der Waals surface area contributed by atoms with Crippen LogP contribution in [0.4, 0.5) is 4.79 Å². The van der Waals surface area contributed by atoms with Crippen LogP contribution in [-0.4, -0.2) is 17.7 Å². The molecule has 0 spiro atoms. The summed E-state index contributed by atoms with van der Waals surface area (Å²) in [4.78, 5) is 10.4. The lowest BCUT2D eigenvalue weighted by atomic mass is 9.85. The molecule has 0 unspecified atom stereocenters. The Kier molecular flexibility index (Phi) is 3.74. The standard InChI is InChI=1S/C11H14BrNO2/c1-11(2,7-13-10(14)15)8-5-3-4-6-9(8)12/h3-6,13H,7H2,1-2H3,(H,14,15). The van der Waals surface area contributed by atoms with Gasteiger partial charge in [-0.05, 0) is 11.6 Å². The first kappa shape index (κ1) is 12.0. The molecule has 2 N–H and O–H groups in total. The van der Waals surface area contributed by atoms with E-state index in [1.54, 1.807) is 0 Å². The highest BCUT2D eigenvalue weighted by Gasteiger charge is 2.23. The lowest BCUT2D eigenvalue weighted by Crippen LogP contribution is -2.36. The molecule has 15 heavy (non-hydrogen) atoms. The van der Waals surface area contributed by atoms with E-state index >= 15 is 0 Å². The Hall–Kier alpha value is -1.03. The van der Waals surface area contributed by atoms with Gasteiger partial charge in [-0.25, -0.2) is 4.79 Å². The maximum atomic E-state index is 10.4. The van der Waals surface area contributed by atoms with E-state index in [2.05, 4.69) is 21.2 Å². The predicted molar refractivity (Wildman–Crippen MR) is 63.2 cm³/mol. The Labute approximate surface area is 97.6 Å². The predicted octanol–water partition coefficient (Wildman–Crippen LogP) is 2.99. The summed E-state index contributed by atoms with van der Waals surface area (Å²) in [7, 11) is 0. The van der Waals surface area contributed by atoms with E-state index in [4.69, 9.17) is 5.11 Å². The SMILES string of the molecule is CC(C)(CNC(=O)O)c1ccccc1Br. The molecule has 1 rings (SSSR count). The van der Waals surface area contributed by atoms with Gasteiger partial charge in [-0.2, -0.15) is 0 Å². The minimum Gasteiger partial charge on any atom is -0.465 e. The molecule has 4 heteroatoms. The van der Waals surface area contributed by atoms with Crippen molar-refractivity contribution in [1.82, 2.24) is 5.32 Å². The zero-order valence-electron chi connectivity index (χ0n) is 8.75. The highest BCUT2D eigenvalue weighted by molar-refractivity contribution is 9.10. The largest absolute Gasteiger partial charge is 0.465 e. The Morgan fingerprint density at radius 1 is 1.47 bits per heavy atom. The summed E-state index contributed by atoms with van der Waals surface area (Å²) in [5.41, 5.74) is 0.872. The molecule has 0 aliphatic heterocycles. The van der Waals surface area contributed by atoms with Crippen LogP contribution in [0.1, 0.15) is 19.4 Å². The second-order valence-electron chi connectivity index (χ2n) is 4.02. The molecule has 0 saturated heterocycles. The maximum absolute atomic E-state index is 10.4.